The lowest BCUT2D eigenvalue weighted by Gasteiger charge is -2.12. The monoisotopic (exact) mass is 363 g/mol. The highest BCUT2D eigenvalue weighted by Gasteiger charge is 2.20. The van der Waals surface area contributed by atoms with Gasteiger partial charge in [0.05, 0.1) is 7.11 Å². The minimum Gasteiger partial charge on any atom is -0.495 e. The molecular weight excluding hydrogens is 345 g/mol. The molecule has 3 rings (SSSR count). The summed E-state index contributed by atoms with van der Waals surface area (Å²) in [5, 5.41) is 0.796. The van der Waals surface area contributed by atoms with E-state index in [1.54, 1.807) is 24.4 Å². The Labute approximate surface area is 144 Å². The Kier molecular flexibility index (Phi) is 4.76. The van der Waals surface area contributed by atoms with Gasteiger partial charge < -0.3 is 15.5 Å². The van der Waals surface area contributed by atoms with Gasteiger partial charge in [-0.1, -0.05) is 6.07 Å². The van der Waals surface area contributed by atoms with Gasteiger partial charge in [0.1, 0.15) is 16.5 Å². The Bertz CT molecular complexity index is 1020. The van der Waals surface area contributed by atoms with Gasteiger partial charge >= 0.3 is 0 Å². The van der Waals surface area contributed by atoms with Crippen molar-refractivity contribution in [2.75, 3.05) is 20.2 Å². The van der Waals surface area contributed by atoms with Crippen molar-refractivity contribution in [3.8, 4) is 16.9 Å². The lowest BCUT2D eigenvalue weighted by molar-refractivity contribution is 0.402. The van der Waals surface area contributed by atoms with E-state index in [1.165, 1.54) is 25.3 Å². The van der Waals surface area contributed by atoms with Crippen molar-refractivity contribution in [3.63, 3.8) is 0 Å². The largest absolute Gasteiger partial charge is 0.495 e. The first-order valence-electron chi connectivity index (χ1n) is 7.61. The summed E-state index contributed by atoms with van der Waals surface area (Å²) in [4.78, 5) is 3.02. The Morgan fingerprint density at radius 2 is 2.04 bits per heavy atom. The van der Waals surface area contributed by atoms with Crippen molar-refractivity contribution >= 4 is 20.9 Å². The van der Waals surface area contributed by atoms with Crippen molar-refractivity contribution < 1.29 is 17.5 Å². The normalized spacial score (nSPS) is 11.8. The van der Waals surface area contributed by atoms with Gasteiger partial charge in [-0.2, -0.15) is 0 Å². The van der Waals surface area contributed by atoms with Gasteiger partial charge in [0.25, 0.3) is 0 Å². The van der Waals surface area contributed by atoms with Crippen LogP contribution >= 0.6 is 0 Å². The fourth-order valence-corrected chi connectivity index (χ4v) is 3.90. The number of sulfonamides is 1. The Morgan fingerprint density at radius 1 is 1.24 bits per heavy atom. The molecule has 0 saturated heterocycles. The molecular formula is C17H18FN3O3S. The zero-order valence-electron chi connectivity index (χ0n) is 13.5. The van der Waals surface area contributed by atoms with E-state index in [1.807, 2.05) is 0 Å². The molecule has 1 aromatic heterocycles. The fraction of sp³-hybridized carbons (Fsp3) is 0.176. The summed E-state index contributed by atoms with van der Waals surface area (Å²) < 4.78 is 46.0. The summed E-state index contributed by atoms with van der Waals surface area (Å²) in [6.45, 7) is 0.317. The predicted molar refractivity (Wildman–Crippen MR) is 94.5 cm³/mol. The molecule has 0 atom stereocenters. The highest BCUT2D eigenvalue weighted by molar-refractivity contribution is 7.89. The fourth-order valence-electron chi connectivity index (χ4n) is 2.66. The Hall–Kier alpha value is -2.42. The van der Waals surface area contributed by atoms with Crippen LogP contribution in [0.4, 0.5) is 4.39 Å². The number of nitrogens with two attached hydrogens (primary N) is 1. The van der Waals surface area contributed by atoms with Crippen LogP contribution in [-0.2, 0) is 10.0 Å². The maximum atomic E-state index is 13.4. The molecule has 0 amide bonds. The predicted octanol–water partition coefficient (Wildman–Crippen LogP) is 2.22. The van der Waals surface area contributed by atoms with Crippen LogP contribution in [0, 0.1) is 5.82 Å². The van der Waals surface area contributed by atoms with E-state index in [9.17, 15) is 12.8 Å². The highest BCUT2D eigenvalue weighted by Crippen LogP contribution is 2.33. The van der Waals surface area contributed by atoms with Crippen LogP contribution in [-0.4, -0.2) is 33.6 Å². The van der Waals surface area contributed by atoms with Crippen LogP contribution in [0.3, 0.4) is 0 Å². The van der Waals surface area contributed by atoms with E-state index in [-0.39, 0.29) is 29.6 Å². The summed E-state index contributed by atoms with van der Waals surface area (Å²) in [6.07, 6.45) is 1.72. The van der Waals surface area contributed by atoms with Crippen LogP contribution < -0.4 is 15.2 Å². The van der Waals surface area contributed by atoms with Crippen LogP contribution in [0.25, 0.3) is 22.0 Å². The molecule has 0 spiro atoms. The molecule has 0 aliphatic rings. The van der Waals surface area contributed by atoms with Gasteiger partial charge in [-0.05, 0) is 35.9 Å². The van der Waals surface area contributed by atoms with Crippen molar-refractivity contribution in [1.29, 1.82) is 0 Å². The molecule has 0 aliphatic carbocycles. The average molecular weight is 363 g/mol. The summed E-state index contributed by atoms with van der Waals surface area (Å²) in [6, 6.07) is 9.29. The SMILES string of the molecule is COc1ccc(-c2c[nH]c3cc(F)ccc23)cc1S(=O)(=O)NCCN. The van der Waals surface area contributed by atoms with Gasteiger partial charge in [-0.15, -0.1) is 0 Å². The third kappa shape index (κ3) is 3.37. The van der Waals surface area contributed by atoms with Gasteiger partial charge in [0, 0.05) is 35.8 Å². The van der Waals surface area contributed by atoms with E-state index in [0.29, 0.717) is 11.1 Å². The van der Waals surface area contributed by atoms with E-state index < -0.39 is 10.0 Å². The number of H-pyrrole nitrogens is 1. The molecule has 8 heteroatoms. The third-order valence-electron chi connectivity index (χ3n) is 3.84. The Morgan fingerprint density at radius 3 is 2.76 bits per heavy atom. The number of hydrogen-bond acceptors (Lipinski definition) is 4. The molecule has 4 N–H and O–H groups in total. The molecule has 6 nitrogen and oxygen atoms in total. The van der Waals surface area contributed by atoms with Gasteiger partial charge in [0.2, 0.25) is 10.0 Å². The first-order valence-corrected chi connectivity index (χ1v) is 9.09. The lowest BCUT2D eigenvalue weighted by atomic mass is 10.0. The molecule has 0 aliphatic heterocycles. The van der Waals surface area contributed by atoms with Crippen molar-refractivity contribution in [1.82, 2.24) is 9.71 Å². The second kappa shape index (κ2) is 6.83. The van der Waals surface area contributed by atoms with Crippen LogP contribution in [0.2, 0.25) is 0 Å². The van der Waals surface area contributed by atoms with Gasteiger partial charge in [-0.3, -0.25) is 0 Å². The van der Waals surface area contributed by atoms with E-state index in [0.717, 1.165) is 10.9 Å². The minimum atomic E-state index is -3.76. The maximum Gasteiger partial charge on any atom is 0.244 e. The third-order valence-corrected chi connectivity index (χ3v) is 5.33. The number of halogens is 1. The number of nitrogens with one attached hydrogen (secondary N) is 2. The molecule has 132 valence electrons. The second-order valence-corrected chi connectivity index (χ2v) is 7.18. The summed E-state index contributed by atoms with van der Waals surface area (Å²) in [7, 11) is -2.36. The number of rotatable bonds is 6. The summed E-state index contributed by atoms with van der Waals surface area (Å²) >= 11 is 0. The average Bonchev–Trinajstić information content (AvgIpc) is 3.02. The summed E-state index contributed by atoms with van der Waals surface area (Å²) in [5.41, 5.74) is 7.45. The Balaban J connectivity index is 2.13. The van der Waals surface area contributed by atoms with Crippen molar-refractivity contribution in [2.24, 2.45) is 5.73 Å². The van der Waals surface area contributed by atoms with Crippen LogP contribution in [0.15, 0.2) is 47.5 Å². The standard InChI is InChI=1S/C17H18FN3O3S/c1-24-16-5-2-11(8-17(16)25(22,23)21-7-6-19)14-10-20-15-9-12(18)3-4-13(14)15/h2-5,8-10,20-21H,6-7,19H2,1H3. The second-order valence-electron chi connectivity index (χ2n) is 5.44. The molecule has 2 aromatic carbocycles. The molecule has 0 saturated carbocycles. The molecule has 0 radical (unpaired) electrons. The molecule has 0 unspecified atom stereocenters. The first kappa shape index (κ1) is 17.4. The number of benzene rings is 2. The lowest BCUT2D eigenvalue weighted by Crippen LogP contribution is -2.29. The first-order chi connectivity index (χ1) is 12.0. The van der Waals surface area contributed by atoms with E-state index in [2.05, 4.69) is 9.71 Å². The van der Waals surface area contributed by atoms with Gasteiger partial charge in [-0.25, -0.2) is 17.5 Å². The molecule has 0 bridgehead atoms. The molecule has 1 heterocycles. The number of aromatic nitrogens is 1. The number of hydrogen-bond donors (Lipinski definition) is 3. The number of aromatic amines is 1. The highest BCUT2D eigenvalue weighted by atomic mass is 32.2. The van der Waals surface area contributed by atoms with Crippen LogP contribution in [0.5, 0.6) is 5.75 Å². The minimum absolute atomic E-state index is 0.0254. The van der Waals surface area contributed by atoms with E-state index in [4.69, 9.17) is 10.5 Å². The molecule has 25 heavy (non-hydrogen) atoms. The topological polar surface area (TPSA) is 97.2 Å². The summed E-state index contributed by atoms with van der Waals surface area (Å²) in [5.74, 6) is -0.107. The number of fused-ring (bicyclic) bond motifs is 1. The van der Waals surface area contributed by atoms with Crippen LogP contribution in [0.1, 0.15) is 0 Å². The number of ether oxygens (including phenoxy) is 1. The molecule has 3 aromatic rings. The maximum absolute atomic E-state index is 13.4. The zero-order valence-corrected chi connectivity index (χ0v) is 14.4. The van der Waals surface area contributed by atoms with Crippen molar-refractivity contribution in [3.05, 3.63) is 48.4 Å². The van der Waals surface area contributed by atoms with Crippen molar-refractivity contribution in [2.45, 2.75) is 4.90 Å². The molecule has 0 fully saturated rings. The number of methoxy groups -OCH3 is 1. The zero-order chi connectivity index (χ0) is 18.0. The quantitative estimate of drug-likeness (QED) is 0.625. The van der Waals surface area contributed by atoms with E-state index >= 15 is 0 Å². The van der Waals surface area contributed by atoms with Gasteiger partial charge in [0.15, 0.2) is 0 Å². The smallest absolute Gasteiger partial charge is 0.244 e.